The van der Waals surface area contributed by atoms with Gasteiger partial charge in [0, 0.05) is 6.04 Å². The number of rotatable bonds is 7. The largest absolute Gasteiger partial charge is 0.314 e. The van der Waals surface area contributed by atoms with E-state index in [2.05, 4.69) is 25.4 Å². The standard InChI is InChI=1S/C14H29NS/c1-4-9-15-14(8-10-16-3)13-7-5-6-12(2)11-13/h12-15H,4-11H2,1-3H3. The van der Waals surface area contributed by atoms with Crippen molar-refractivity contribution in [2.45, 2.75) is 58.4 Å². The van der Waals surface area contributed by atoms with Crippen LogP contribution in [0.5, 0.6) is 0 Å². The van der Waals surface area contributed by atoms with Gasteiger partial charge in [0.2, 0.25) is 0 Å². The van der Waals surface area contributed by atoms with Crippen LogP contribution in [0.25, 0.3) is 0 Å². The molecule has 3 atom stereocenters. The Morgan fingerprint density at radius 2 is 2.19 bits per heavy atom. The number of nitrogens with one attached hydrogen (secondary N) is 1. The van der Waals surface area contributed by atoms with E-state index >= 15 is 0 Å². The van der Waals surface area contributed by atoms with Crippen molar-refractivity contribution in [2.24, 2.45) is 11.8 Å². The highest BCUT2D eigenvalue weighted by Gasteiger charge is 2.25. The van der Waals surface area contributed by atoms with Crippen molar-refractivity contribution in [3.8, 4) is 0 Å². The Bertz CT molecular complexity index is 164. The second-order valence-corrected chi connectivity index (χ2v) is 6.36. The number of thioether (sulfide) groups is 1. The third kappa shape index (κ3) is 5.09. The molecule has 1 N–H and O–H groups in total. The molecule has 0 saturated heterocycles. The summed E-state index contributed by atoms with van der Waals surface area (Å²) in [5, 5.41) is 3.78. The molecule has 1 aliphatic carbocycles. The summed E-state index contributed by atoms with van der Waals surface area (Å²) in [4.78, 5) is 0. The van der Waals surface area contributed by atoms with E-state index in [0.717, 1.165) is 17.9 Å². The first-order valence-corrected chi connectivity index (χ1v) is 8.39. The maximum absolute atomic E-state index is 3.78. The second-order valence-electron chi connectivity index (χ2n) is 5.37. The summed E-state index contributed by atoms with van der Waals surface area (Å²) >= 11 is 1.99. The Hall–Kier alpha value is 0.310. The molecule has 96 valence electrons. The summed E-state index contributed by atoms with van der Waals surface area (Å²) in [6, 6.07) is 0.787. The summed E-state index contributed by atoms with van der Waals surface area (Å²) in [7, 11) is 0. The lowest BCUT2D eigenvalue weighted by molar-refractivity contribution is 0.219. The molecule has 3 unspecified atom stereocenters. The summed E-state index contributed by atoms with van der Waals surface area (Å²) in [6.07, 6.45) is 10.7. The first-order valence-electron chi connectivity index (χ1n) is 7.00. The predicted octanol–water partition coefficient (Wildman–Crippen LogP) is 3.93. The van der Waals surface area contributed by atoms with Gasteiger partial charge in [-0.1, -0.05) is 26.7 Å². The second kappa shape index (κ2) is 8.41. The lowest BCUT2D eigenvalue weighted by atomic mass is 9.78. The molecule has 0 aromatic heterocycles. The van der Waals surface area contributed by atoms with E-state index in [9.17, 15) is 0 Å². The molecule has 1 aliphatic rings. The van der Waals surface area contributed by atoms with Crippen LogP contribution in [0.1, 0.15) is 52.4 Å². The Labute approximate surface area is 106 Å². The zero-order valence-electron chi connectivity index (χ0n) is 11.3. The van der Waals surface area contributed by atoms with Gasteiger partial charge in [-0.05, 0) is 56.1 Å². The highest BCUT2D eigenvalue weighted by molar-refractivity contribution is 7.98. The maximum atomic E-state index is 3.78. The quantitative estimate of drug-likeness (QED) is 0.727. The van der Waals surface area contributed by atoms with Crippen molar-refractivity contribution in [3.63, 3.8) is 0 Å². The fourth-order valence-electron chi connectivity index (χ4n) is 2.93. The molecule has 16 heavy (non-hydrogen) atoms. The molecule has 1 nitrogen and oxygen atoms in total. The molecule has 2 heteroatoms. The minimum absolute atomic E-state index is 0.787. The summed E-state index contributed by atoms with van der Waals surface area (Å²) in [6.45, 7) is 5.89. The first kappa shape index (κ1) is 14.4. The summed E-state index contributed by atoms with van der Waals surface area (Å²) in [5.41, 5.74) is 0. The van der Waals surface area contributed by atoms with E-state index in [0.29, 0.717) is 0 Å². The van der Waals surface area contributed by atoms with Gasteiger partial charge >= 0.3 is 0 Å². The average Bonchev–Trinajstić information content (AvgIpc) is 2.29. The van der Waals surface area contributed by atoms with Crippen LogP contribution in [0.4, 0.5) is 0 Å². The molecule has 1 saturated carbocycles. The fraction of sp³-hybridized carbons (Fsp3) is 1.00. The van der Waals surface area contributed by atoms with Gasteiger partial charge in [-0.3, -0.25) is 0 Å². The predicted molar refractivity (Wildman–Crippen MR) is 76.2 cm³/mol. The van der Waals surface area contributed by atoms with Gasteiger partial charge in [0.15, 0.2) is 0 Å². The number of hydrogen-bond acceptors (Lipinski definition) is 2. The molecule has 0 radical (unpaired) electrons. The highest BCUT2D eigenvalue weighted by Crippen LogP contribution is 2.32. The van der Waals surface area contributed by atoms with Crippen molar-refractivity contribution in [1.82, 2.24) is 5.32 Å². The molecule has 0 aromatic carbocycles. The van der Waals surface area contributed by atoms with Gasteiger partial charge in [-0.25, -0.2) is 0 Å². The molecule has 0 aliphatic heterocycles. The summed E-state index contributed by atoms with van der Waals surface area (Å²) in [5.74, 6) is 3.22. The van der Waals surface area contributed by atoms with E-state index in [4.69, 9.17) is 0 Å². The molecule has 0 bridgehead atoms. The molecular weight excluding hydrogens is 214 g/mol. The zero-order chi connectivity index (χ0) is 11.8. The highest BCUT2D eigenvalue weighted by atomic mass is 32.2. The minimum Gasteiger partial charge on any atom is -0.314 e. The van der Waals surface area contributed by atoms with Crippen molar-refractivity contribution in [2.75, 3.05) is 18.6 Å². The molecule has 1 rings (SSSR count). The van der Waals surface area contributed by atoms with Crippen molar-refractivity contribution in [3.05, 3.63) is 0 Å². The Balaban J connectivity index is 2.38. The zero-order valence-corrected chi connectivity index (χ0v) is 12.1. The van der Waals surface area contributed by atoms with E-state index in [1.807, 2.05) is 11.8 Å². The molecule has 0 heterocycles. The summed E-state index contributed by atoms with van der Waals surface area (Å²) < 4.78 is 0. The Kier molecular flexibility index (Phi) is 7.55. The topological polar surface area (TPSA) is 12.0 Å². The normalized spacial score (nSPS) is 27.9. The molecular formula is C14H29NS. The lowest BCUT2D eigenvalue weighted by Crippen LogP contribution is -2.39. The number of hydrogen-bond donors (Lipinski definition) is 1. The van der Waals surface area contributed by atoms with Gasteiger partial charge in [0.05, 0.1) is 0 Å². The van der Waals surface area contributed by atoms with E-state index in [-0.39, 0.29) is 0 Å². The van der Waals surface area contributed by atoms with Crippen LogP contribution in [0, 0.1) is 11.8 Å². The lowest BCUT2D eigenvalue weighted by Gasteiger charge is -2.34. The van der Waals surface area contributed by atoms with Crippen LogP contribution in [0.2, 0.25) is 0 Å². The van der Waals surface area contributed by atoms with Crippen molar-refractivity contribution in [1.29, 1.82) is 0 Å². The smallest absolute Gasteiger partial charge is 0.0103 e. The SMILES string of the molecule is CCCNC(CCSC)C1CCCC(C)C1. The van der Waals surface area contributed by atoms with Crippen LogP contribution in [-0.2, 0) is 0 Å². The Morgan fingerprint density at radius 1 is 1.38 bits per heavy atom. The average molecular weight is 243 g/mol. The maximum Gasteiger partial charge on any atom is 0.0103 e. The minimum atomic E-state index is 0.787. The third-order valence-electron chi connectivity index (χ3n) is 3.84. The van der Waals surface area contributed by atoms with Gasteiger partial charge in [-0.15, -0.1) is 0 Å². The van der Waals surface area contributed by atoms with Crippen LogP contribution in [-0.4, -0.2) is 24.6 Å². The van der Waals surface area contributed by atoms with E-state index in [1.165, 1.54) is 50.8 Å². The van der Waals surface area contributed by atoms with Crippen LogP contribution in [0.15, 0.2) is 0 Å². The Morgan fingerprint density at radius 3 is 2.81 bits per heavy atom. The van der Waals surface area contributed by atoms with Crippen molar-refractivity contribution >= 4 is 11.8 Å². The van der Waals surface area contributed by atoms with Crippen LogP contribution in [0.3, 0.4) is 0 Å². The van der Waals surface area contributed by atoms with Crippen LogP contribution < -0.4 is 5.32 Å². The molecule has 0 aromatic rings. The van der Waals surface area contributed by atoms with Gasteiger partial charge < -0.3 is 5.32 Å². The molecule has 0 amide bonds. The first-order chi connectivity index (χ1) is 7.77. The van der Waals surface area contributed by atoms with Gasteiger partial charge in [0.1, 0.15) is 0 Å². The van der Waals surface area contributed by atoms with E-state index in [1.54, 1.807) is 0 Å². The van der Waals surface area contributed by atoms with E-state index < -0.39 is 0 Å². The van der Waals surface area contributed by atoms with Gasteiger partial charge in [0.25, 0.3) is 0 Å². The van der Waals surface area contributed by atoms with Crippen molar-refractivity contribution < 1.29 is 0 Å². The fourth-order valence-corrected chi connectivity index (χ4v) is 3.42. The monoisotopic (exact) mass is 243 g/mol. The van der Waals surface area contributed by atoms with Crippen LogP contribution >= 0.6 is 11.8 Å². The third-order valence-corrected chi connectivity index (χ3v) is 4.48. The molecule has 0 spiro atoms. The molecule has 1 fully saturated rings. The van der Waals surface area contributed by atoms with Gasteiger partial charge in [-0.2, -0.15) is 11.8 Å².